The number of ether oxygens (including phenoxy) is 1. The molecule has 0 spiro atoms. The van der Waals surface area contributed by atoms with Crippen LogP contribution in [-0.4, -0.2) is 40.1 Å². The number of hydrogen-bond acceptors (Lipinski definition) is 4. The van der Waals surface area contributed by atoms with Gasteiger partial charge in [0, 0.05) is 6.04 Å². The van der Waals surface area contributed by atoms with Crippen LogP contribution in [0.3, 0.4) is 0 Å². The number of aliphatic carboxylic acids is 1. The molecule has 1 aliphatic rings. The van der Waals surface area contributed by atoms with Crippen molar-refractivity contribution < 1.29 is 19.4 Å². The van der Waals surface area contributed by atoms with Crippen LogP contribution in [0.1, 0.15) is 32.3 Å². The lowest BCUT2D eigenvalue weighted by Crippen LogP contribution is -2.49. The zero-order valence-electron chi connectivity index (χ0n) is 12.5. The molecular weight excluding hydrogens is 284 g/mol. The van der Waals surface area contributed by atoms with Gasteiger partial charge in [-0.25, -0.2) is 4.79 Å². The Balaban J connectivity index is 2.13. The second kappa shape index (κ2) is 6.48. The maximum Gasteiger partial charge on any atom is 0.326 e. The summed E-state index contributed by atoms with van der Waals surface area (Å²) >= 11 is 0. The van der Waals surface area contributed by atoms with Gasteiger partial charge in [-0.05, 0) is 38.8 Å². The molecule has 0 aromatic heterocycles. The molecule has 0 heterocycles. The van der Waals surface area contributed by atoms with Crippen LogP contribution in [0, 0.1) is 11.3 Å². The number of para-hydroxylation sites is 1. The fraction of sp³-hybridized carbons (Fsp3) is 0.438. The van der Waals surface area contributed by atoms with Crippen LogP contribution in [0.4, 0.5) is 0 Å². The summed E-state index contributed by atoms with van der Waals surface area (Å²) in [6.07, 6.45) is 0.771. The lowest BCUT2D eigenvalue weighted by molar-refractivity contribution is -0.153. The standard InChI is InChI=1S/C16H18N2O4/c1-10(16(20)21)18(13-7-8-13)15(19)11(2)22-14-6-4-3-5-12(14)9-17/h3-6,10-11,13H,7-8H2,1-2H3,(H,20,21). The highest BCUT2D eigenvalue weighted by Crippen LogP contribution is 2.30. The number of benzene rings is 1. The van der Waals surface area contributed by atoms with E-state index >= 15 is 0 Å². The molecule has 1 fully saturated rings. The molecule has 2 rings (SSSR count). The maximum atomic E-state index is 12.5. The lowest BCUT2D eigenvalue weighted by atomic mass is 10.2. The van der Waals surface area contributed by atoms with Crippen LogP contribution >= 0.6 is 0 Å². The molecule has 1 N–H and O–H groups in total. The van der Waals surface area contributed by atoms with Gasteiger partial charge < -0.3 is 14.7 Å². The van der Waals surface area contributed by atoms with Gasteiger partial charge in [-0.3, -0.25) is 4.79 Å². The molecule has 0 radical (unpaired) electrons. The van der Waals surface area contributed by atoms with Gasteiger partial charge in [-0.15, -0.1) is 0 Å². The van der Waals surface area contributed by atoms with E-state index in [9.17, 15) is 9.59 Å². The van der Waals surface area contributed by atoms with Gasteiger partial charge in [0.15, 0.2) is 6.10 Å². The molecule has 0 aliphatic heterocycles. The molecule has 6 nitrogen and oxygen atoms in total. The average Bonchev–Trinajstić information content (AvgIpc) is 3.32. The molecule has 1 aromatic carbocycles. The molecule has 22 heavy (non-hydrogen) atoms. The Hall–Kier alpha value is -2.55. The van der Waals surface area contributed by atoms with Crippen LogP contribution in [0.25, 0.3) is 0 Å². The number of carboxylic acids is 1. The Morgan fingerprint density at radius 3 is 2.55 bits per heavy atom. The highest BCUT2D eigenvalue weighted by molar-refractivity contribution is 5.86. The van der Waals surface area contributed by atoms with Gasteiger partial charge in [-0.1, -0.05) is 12.1 Å². The summed E-state index contributed by atoms with van der Waals surface area (Å²) in [6.45, 7) is 3.06. The van der Waals surface area contributed by atoms with Gasteiger partial charge in [0.1, 0.15) is 17.9 Å². The first-order valence-corrected chi connectivity index (χ1v) is 7.16. The minimum Gasteiger partial charge on any atom is -0.480 e. The minimum atomic E-state index is -1.04. The number of amides is 1. The van der Waals surface area contributed by atoms with Gasteiger partial charge in [0.05, 0.1) is 5.56 Å². The quantitative estimate of drug-likeness (QED) is 0.865. The average molecular weight is 302 g/mol. The Kier molecular flexibility index (Phi) is 4.66. The molecule has 1 saturated carbocycles. The molecule has 2 atom stereocenters. The van der Waals surface area contributed by atoms with Gasteiger partial charge >= 0.3 is 5.97 Å². The molecule has 116 valence electrons. The number of carbonyl (C=O) groups excluding carboxylic acids is 1. The van der Waals surface area contributed by atoms with E-state index in [2.05, 4.69) is 0 Å². The van der Waals surface area contributed by atoms with E-state index in [0.29, 0.717) is 11.3 Å². The van der Waals surface area contributed by atoms with Crippen molar-refractivity contribution in [2.45, 2.75) is 44.9 Å². The topological polar surface area (TPSA) is 90.6 Å². The van der Waals surface area contributed by atoms with Crippen LogP contribution in [-0.2, 0) is 9.59 Å². The van der Waals surface area contributed by atoms with E-state index < -0.39 is 18.1 Å². The molecule has 1 aliphatic carbocycles. The van der Waals surface area contributed by atoms with Crippen molar-refractivity contribution >= 4 is 11.9 Å². The van der Waals surface area contributed by atoms with Gasteiger partial charge in [-0.2, -0.15) is 5.26 Å². The van der Waals surface area contributed by atoms with Crippen LogP contribution < -0.4 is 4.74 Å². The van der Waals surface area contributed by atoms with Gasteiger partial charge in [0.25, 0.3) is 5.91 Å². The third-order valence-corrected chi connectivity index (χ3v) is 3.63. The lowest BCUT2D eigenvalue weighted by Gasteiger charge is -2.29. The second-order valence-corrected chi connectivity index (χ2v) is 5.36. The third kappa shape index (κ3) is 3.37. The minimum absolute atomic E-state index is 0.0316. The molecular formula is C16H18N2O4. The molecule has 2 unspecified atom stereocenters. The summed E-state index contributed by atoms with van der Waals surface area (Å²) in [5.74, 6) is -1.08. The van der Waals surface area contributed by atoms with E-state index in [1.807, 2.05) is 6.07 Å². The maximum absolute atomic E-state index is 12.5. The van der Waals surface area contributed by atoms with Crippen molar-refractivity contribution in [1.29, 1.82) is 5.26 Å². The van der Waals surface area contributed by atoms with Crippen molar-refractivity contribution in [3.8, 4) is 11.8 Å². The van der Waals surface area contributed by atoms with Crippen molar-refractivity contribution in [2.24, 2.45) is 0 Å². The van der Waals surface area contributed by atoms with Gasteiger partial charge in [0.2, 0.25) is 0 Å². The molecule has 6 heteroatoms. The van der Waals surface area contributed by atoms with Crippen molar-refractivity contribution in [1.82, 2.24) is 4.90 Å². The fourth-order valence-corrected chi connectivity index (χ4v) is 2.27. The summed E-state index contributed by atoms with van der Waals surface area (Å²) in [7, 11) is 0. The number of nitriles is 1. The second-order valence-electron chi connectivity index (χ2n) is 5.36. The number of carbonyl (C=O) groups is 2. The first-order valence-electron chi connectivity index (χ1n) is 7.16. The highest BCUT2D eigenvalue weighted by atomic mass is 16.5. The fourth-order valence-electron chi connectivity index (χ4n) is 2.27. The summed E-state index contributed by atoms with van der Waals surface area (Å²) in [6, 6.07) is 7.72. The predicted molar refractivity (Wildman–Crippen MR) is 78.2 cm³/mol. The number of nitrogens with zero attached hydrogens (tertiary/aromatic N) is 2. The van der Waals surface area contributed by atoms with E-state index in [-0.39, 0.29) is 11.9 Å². The van der Waals surface area contributed by atoms with E-state index in [4.69, 9.17) is 15.1 Å². The van der Waals surface area contributed by atoms with Crippen LogP contribution in [0.2, 0.25) is 0 Å². The Morgan fingerprint density at radius 1 is 1.36 bits per heavy atom. The predicted octanol–water partition coefficient (Wildman–Crippen LogP) is 1.79. The Labute approximate surface area is 128 Å². The first-order chi connectivity index (χ1) is 10.5. The number of carboxylic acid groups (broad SMARTS) is 1. The normalized spacial score (nSPS) is 16.2. The van der Waals surface area contributed by atoms with E-state index in [1.54, 1.807) is 31.2 Å². The zero-order valence-corrected chi connectivity index (χ0v) is 12.5. The zero-order chi connectivity index (χ0) is 16.3. The van der Waals surface area contributed by atoms with Crippen molar-refractivity contribution in [3.05, 3.63) is 29.8 Å². The third-order valence-electron chi connectivity index (χ3n) is 3.63. The van der Waals surface area contributed by atoms with E-state index in [0.717, 1.165) is 12.8 Å². The van der Waals surface area contributed by atoms with Crippen molar-refractivity contribution in [2.75, 3.05) is 0 Å². The molecule has 1 aromatic rings. The monoisotopic (exact) mass is 302 g/mol. The molecule has 0 saturated heterocycles. The number of hydrogen-bond donors (Lipinski definition) is 1. The molecule has 0 bridgehead atoms. The summed E-state index contributed by atoms with van der Waals surface area (Å²) < 4.78 is 5.58. The Morgan fingerprint density at radius 2 is 2.00 bits per heavy atom. The summed E-state index contributed by atoms with van der Waals surface area (Å²) in [5.41, 5.74) is 0.339. The van der Waals surface area contributed by atoms with Crippen LogP contribution in [0.5, 0.6) is 5.75 Å². The van der Waals surface area contributed by atoms with Crippen molar-refractivity contribution in [3.63, 3.8) is 0 Å². The Bertz CT molecular complexity index is 619. The first kappa shape index (κ1) is 15.8. The SMILES string of the molecule is CC(Oc1ccccc1C#N)C(=O)N(C1CC1)C(C)C(=O)O. The smallest absolute Gasteiger partial charge is 0.326 e. The van der Waals surface area contributed by atoms with Crippen LogP contribution in [0.15, 0.2) is 24.3 Å². The molecule has 1 amide bonds. The largest absolute Gasteiger partial charge is 0.480 e. The van der Waals surface area contributed by atoms with E-state index in [1.165, 1.54) is 11.8 Å². The highest BCUT2D eigenvalue weighted by Gasteiger charge is 2.40. The summed E-state index contributed by atoms with van der Waals surface area (Å²) in [4.78, 5) is 25.1. The summed E-state index contributed by atoms with van der Waals surface area (Å²) in [5, 5.41) is 18.2. The number of rotatable bonds is 6.